The van der Waals surface area contributed by atoms with Crippen LogP contribution in [-0.4, -0.2) is 42.4 Å². The first-order chi connectivity index (χ1) is 17.4. The van der Waals surface area contributed by atoms with E-state index in [0.29, 0.717) is 21.9 Å². The molecule has 7 heteroatoms. The quantitative estimate of drug-likeness (QED) is 0.463. The molecule has 1 saturated heterocycles. The molecule has 3 aromatic carbocycles. The summed E-state index contributed by atoms with van der Waals surface area (Å²) < 4.78 is 5.63. The van der Waals surface area contributed by atoms with Crippen molar-refractivity contribution >= 4 is 17.3 Å². The minimum Gasteiger partial charge on any atom is -0.491 e. The number of halogens is 1. The number of nitrogens with zero attached hydrogens (tertiary/aromatic N) is 4. The molecule has 1 fully saturated rings. The second-order valence-electron chi connectivity index (χ2n) is 9.12. The average Bonchev–Trinajstić information content (AvgIpc) is 2.91. The molecule has 0 amide bonds. The van der Waals surface area contributed by atoms with Crippen molar-refractivity contribution in [1.82, 2.24) is 4.90 Å². The van der Waals surface area contributed by atoms with Gasteiger partial charge in [-0.1, -0.05) is 35.9 Å². The van der Waals surface area contributed by atoms with Crippen LogP contribution in [0.4, 0.5) is 5.69 Å². The van der Waals surface area contributed by atoms with Gasteiger partial charge in [-0.3, -0.25) is 4.90 Å². The van der Waals surface area contributed by atoms with E-state index in [1.54, 1.807) is 13.0 Å². The van der Waals surface area contributed by atoms with E-state index < -0.39 is 6.10 Å². The van der Waals surface area contributed by atoms with Crippen molar-refractivity contribution in [2.45, 2.75) is 32.0 Å². The van der Waals surface area contributed by atoms with Crippen LogP contribution >= 0.6 is 11.6 Å². The molecule has 0 spiro atoms. The Bertz CT molecular complexity index is 1260. The van der Waals surface area contributed by atoms with Crippen LogP contribution in [0.15, 0.2) is 66.7 Å². The number of benzene rings is 3. The highest BCUT2D eigenvalue weighted by atomic mass is 35.5. The maximum Gasteiger partial charge on any atom is 0.120 e. The van der Waals surface area contributed by atoms with Gasteiger partial charge >= 0.3 is 0 Å². The third-order valence-corrected chi connectivity index (χ3v) is 6.88. The summed E-state index contributed by atoms with van der Waals surface area (Å²) in [6.45, 7) is 6.32. The number of anilines is 1. The van der Waals surface area contributed by atoms with E-state index in [-0.39, 0.29) is 18.7 Å². The number of piperazine rings is 1. The summed E-state index contributed by atoms with van der Waals surface area (Å²) in [5.41, 5.74) is 4.32. The van der Waals surface area contributed by atoms with Crippen LogP contribution in [0.2, 0.25) is 5.02 Å². The first-order valence-corrected chi connectivity index (χ1v) is 12.4. The molecule has 6 nitrogen and oxygen atoms in total. The molecule has 1 aliphatic heterocycles. The minimum absolute atomic E-state index is 0.00757. The number of hydrogen-bond donors (Lipinski definition) is 1. The highest BCUT2D eigenvalue weighted by molar-refractivity contribution is 6.30. The SMILES string of the molecule is C[C@H](O)COc1ccc(N2CCN([C@@H](C)c3ccc(C#N)cc3)C[C@H]2c2ccc(Cl)cc2)c(C#N)c1. The van der Waals surface area contributed by atoms with Crippen LogP contribution in [0.25, 0.3) is 0 Å². The zero-order chi connectivity index (χ0) is 25.7. The Morgan fingerprint density at radius 3 is 2.36 bits per heavy atom. The van der Waals surface area contributed by atoms with Crippen molar-refractivity contribution in [2.24, 2.45) is 0 Å². The minimum atomic E-state index is -0.587. The van der Waals surface area contributed by atoms with Gasteiger partial charge in [0.05, 0.1) is 35.0 Å². The number of rotatable bonds is 7. The smallest absolute Gasteiger partial charge is 0.120 e. The molecule has 1 aliphatic rings. The van der Waals surface area contributed by atoms with Gasteiger partial charge in [-0.15, -0.1) is 0 Å². The molecule has 3 aromatic rings. The third kappa shape index (κ3) is 5.80. The number of aliphatic hydroxyl groups excluding tert-OH is 1. The highest BCUT2D eigenvalue weighted by Gasteiger charge is 2.32. The van der Waals surface area contributed by atoms with Gasteiger partial charge in [-0.2, -0.15) is 10.5 Å². The van der Waals surface area contributed by atoms with E-state index in [4.69, 9.17) is 21.6 Å². The molecule has 0 saturated carbocycles. The Balaban J connectivity index is 1.64. The standard InChI is InChI=1S/C29H29ClN4O2/c1-20(35)19-36-27-11-12-28(25(15-27)17-32)34-14-13-33(18-29(34)24-7-9-26(30)10-8-24)21(2)23-5-3-22(16-31)4-6-23/h3-12,15,20-21,29,35H,13-14,18-19H2,1-2H3/t20-,21-,29-/m0/s1. The first-order valence-electron chi connectivity index (χ1n) is 12.0. The Kier molecular flexibility index (Phi) is 8.13. The van der Waals surface area contributed by atoms with Crippen LogP contribution in [0.1, 0.15) is 48.2 Å². The third-order valence-electron chi connectivity index (χ3n) is 6.63. The first kappa shape index (κ1) is 25.5. The molecule has 0 radical (unpaired) electrons. The fourth-order valence-electron chi connectivity index (χ4n) is 4.62. The summed E-state index contributed by atoms with van der Waals surface area (Å²) in [5, 5.41) is 29.3. The lowest BCUT2D eigenvalue weighted by atomic mass is 9.97. The van der Waals surface area contributed by atoms with Crippen molar-refractivity contribution in [3.63, 3.8) is 0 Å². The number of nitriles is 2. The second kappa shape index (κ2) is 11.5. The molecule has 0 unspecified atom stereocenters. The molecule has 1 heterocycles. The predicted molar refractivity (Wildman–Crippen MR) is 141 cm³/mol. The molecular formula is C29H29ClN4O2. The zero-order valence-electron chi connectivity index (χ0n) is 20.4. The fourth-order valence-corrected chi connectivity index (χ4v) is 4.75. The maximum absolute atomic E-state index is 9.94. The van der Waals surface area contributed by atoms with Crippen LogP contribution in [0.3, 0.4) is 0 Å². The average molecular weight is 501 g/mol. The van der Waals surface area contributed by atoms with Crippen molar-refractivity contribution in [3.05, 3.63) is 94.0 Å². The van der Waals surface area contributed by atoms with Gasteiger partial charge in [-0.05, 0) is 67.4 Å². The molecule has 0 aliphatic carbocycles. The van der Waals surface area contributed by atoms with E-state index in [1.807, 2.05) is 60.7 Å². The van der Waals surface area contributed by atoms with Crippen LogP contribution in [0.5, 0.6) is 5.75 Å². The van der Waals surface area contributed by atoms with E-state index in [9.17, 15) is 10.4 Å². The molecule has 184 valence electrons. The molecular weight excluding hydrogens is 472 g/mol. The fraction of sp³-hybridized carbons (Fsp3) is 0.310. The lowest BCUT2D eigenvalue weighted by Gasteiger charge is -2.45. The highest BCUT2D eigenvalue weighted by Crippen LogP contribution is 2.37. The van der Waals surface area contributed by atoms with E-state index >= 15 is 0 Å². The van der Waals surface area contributed by atoms with Crippen LogP contribution in [-0.2, 0) is 0 Å². The summed E-state index contributed by atoms with van der Waals surface area (Å²) in [7, 11) is 0. The summed E-state index contributed by atoms with van der Waals surface area (Å²) in [6.07, 6.45) is -0.587. The normalized spacial score (nSPS) is 17.6. The molecule has 36 heavy (non-hydrogen) atoms. The zero-order valence-corrected chi connectivity index (χ0v) is 21.2. The Morgan fingerprint density at radius 1 is 1.00 bits per heavy atom. The van der Waals surface area contributed by atoms with E-state index in [2.05, 4.69) is 28.9 Å². The van der Waals surface area contributed by atoms with Crippen molar-refractivity contribution in [2.75, 3.05) is 31.1 Å². The van der Waals surface area contributed by atoms with E-state index in [0.717, 1.165) is 36.4 Å². The van der Waals surface area contributed by atoms with Gasteiger partial charge in [0.15, 0.2) is 0 Å². The number of ether oxygens (including phenoxy) is 1. The monoisotopic (exact) mass is 500 g/mol. The molecule has 0 bridgehead atoms. The summed E-state index contributed by atoms with van der Waals surface area (Å²) >= 11 is 6.18. The van der Waals surface area contributed by atoms with Gasteiger partial charge in [-0.25, -0.2) is 0 Å². The molecule has 1 N–H and O–H groups in total. The topological polar surface area (TPSA) is 83.5 Å². The van der Waals surface area contributed by atoms with Crippen molar-refractivity contribution in [3.8, 4) is 17.9 Å². The van der Waals surface area contributed by atoms with Gasteiger partial charge < -0.3 is 14.7 Å². The Morgan fingerprint density at radius 2 is 1.72 bits per heavy atom. The van der Waals surface area contributed by atoms with Gasteiger partial charge in [0.1, 0.15) is 18.4 Å². The molecule has 4 rings (SSSR count). The number of hydrogen-bond acceptors (Lipinski definition) is 6. The second-order valence-corrected chi connectivity index (χ2v) is 9.55. The van der Waals surface area contributed by atoms with Crippen molar-refractivity contribution < 1.29 is 9.84 Å². The van der Waals surface area contributed by atoms with Gasteiger partial charge in [0.25, 0.3) is 0 Å². The summed E-state index contributed by atoms with van der Waals surface area (Å²) in [4.78, 5) is 4.71. The van der Waals surface area contributed by atoms with Crippen molar-refractivity contribution in [1.29, 1.82) is 10.5 Å². The predicted octanol–water partition coefficient (Wildman–Crippen LogP) is 5.47. The lowest BCUT2D eigenvalue weighted by Crippen LogP contribution is -2.49. The van der Waals surface area contributed by atoms with E-state index in [1.165, 1.54) is 0 Å². The van der Waals surface area contributed by atoms with Gasteiger partial charge in [0.2, 0.25) is 0 Å². The largest absolute Gasteiger partial charge is 0.491 e. The molecule has 3 atom stereocenters. The summed E-state index contributed by atoms with van der Waals surface area (Å²) in [5.74, 6) is 0.562. The maximum atomic E-state index is 9.94. The van der Waals surface area contributed by atoms with Gasteiger partial charge in [0, 0.05) is 30.7 Å². The Hall–Kier alpha value is -3.55. The van der Waals surface area contributed by atoms with Crippen LogP contribution in [0, 0.1) is 22.7 Å². The number of aliphatic hydroxyl groups is 1. The Labute approximate surface area is 217 Å². The molecule has 0 aromatic heterocycles. The summed E-state index contributed by atoms with van der Waals surface area (Å²) in [6, 6.07) is 25.8. The van der Waals surface area contributed by atoms with Crippen LogP contribution < -0.4 is 9.64 Å². The lowest BCUT2D eigenvalue weighted by molar-refractivity contribution is 0.122.